The number of rotatable bonds is 6. The minimum absolute atomic E-state index is 0.229. The van der Waals surface area contributed by atoms with Crippen molar-refractivity contribution in [3.05, 3.63) is 58.1 Å². The number of nitrogens with one attached hydrogen (secondary N) is 1. The van der Waals surface area contributed by atoms with Crippen LogP contribution in [0.5, 0.6) is 5.75 Å². The molecule has 0 aliphatic heterocycles. The van der Waals surface area contributed by atoms with Gasteiger partial charge in [0.05, 0.1) is 16.0 Å². The van der Waals surface area contributed by atoms with Crippen LogP contribution in [0.3, 0.4) is 0 Å². The molecule has 1 amide bonds. The fourth-order valence-corrected chi connectivity index (χ4v) is 3.20. The number of carbonyl (C=O) groups is 1. The van der Waals surface area contributed by atoms with Crippen LogP contribution in [0.2, 0.25) is 10.0 Å². The Morgan fingerprint density at radius 1 is 1.08 bits per heavy atom. The third-order valence-electron chi connectivity index (χ3n) is 3.76. The summed E-state index contributed by atoms with van der Waals surface area (Å²) in [6, 6.07) is 11.0. The van der Waals surface area contributed by atoms with E-state index in [1.807, 2.05) is 0 Å². The Morgan fingerprint density at radius 3 is 2.27 bits per heavy atom. The van der Waals surface area contributed by atoms with E-state index in [1.54, 1.807) is 44.2 Å². The minimum Gasteiger partial charge on any atom is -0.479 e. The molecule has 5 nitrogen and oxygen atoms in total. The van der Waals surface area contributed by atoms with Gasteiger partial charge in [0.25, 0.3) is 5.91 Å². The predicted molar refractivity (Wildman–Crippen MR) is 103 cm³/mol. The molecule has 2 aromatic carbocycles. The maximum Gasteiger partial charge on any atom is 0.261 e. The van der Waals surface area contributed by atoms with Gasteiger partial charge in [0.2, 0.25) is 0 Å². The summed E-state index contributed by atoms with van der Waals surface area (Å²) < 4.78 is 28.6. The van der Waals surface area contributed by atoms with Crippen molar-refractivity contribution in [1.29, 1.82) is 0 Å². The zero-order valence-corrected chi connectivity index (χ0v) is 16.8. The first-order valence-electron chi connectivity index (χ1n) is 7.80. The molecule has 0 radical (unpaired) electrons. The number of halogens is 2. The molecular formula is C18H19Cl2NO4S. The molecule has 2 unspecified atom stereocenters. The Kier molecular flexibility index (Phi) is 6.55. The lowest BCUT2D eigenvalue weighted by Crippen LogP contribution is -2.37. The zero-order valence-electron chi connectivity index (χ0n) is 14.5. The third-order valence-corrected chi connectivity index (χ3v) is 5.69. The summed E-state index contributed by atoms with van der Waals surface area (Å²) in [5.41, 5.74) is 0.777. The normalized spacial score (nSPS) is 13.7. The second kappa shape index (κ2) is 8.29. The van der Waals surface area contributed by atoms with Gasteiger partial charge in [-0.15, -0.1) is 0 Å². The van der Waals surface area contributed by atoms with Crippen molar-refractivity contribution < 1.29 is 17.9 Å². The Labute approximate surface area is 163 Å². The molecule has 0 bridgehead atoms. The first-order valence-corrected chi connectivity index (χ1v) is 10.5. The monoisotopic (exact) mass is 415 g/mol. The van der Waals surface area contributed by atoms with Gasteiger partial charge in [-0.3, -0.25) is 4.79 Å². The summed E-state index contributed by atoms with van der Waals surface area (Å²) in [7, 11) is -3.25. The molecule has 140 valence electrons. The molecule has 2 aromatic rings. The second-order valence-electron chi connectivity index (χ2n) is 5.88. The largest absolute Gasteiger partial charge is 0.479 e. The molecule has 0 aliphatic carbocycles. The first kappa shape index (κ1) is 20.6. The first-order chi connectivity index (χ1) is 12.1. The Morgan fingerprint density at radius 2 is 1.69 bits per heavy atom. The quantitative estimate of drug-likeness (QED) is 0.772. The molecule has 0 fully saturated rings. The molecule has 0 spiro atoms. The summed E-state index contributed by atoms with van der Waals surface area (Å²) in [4.78, 5) is 12.6. The van der Waals surface area contributed by atoms with Crippen molar-refractivity contribution in [2.45, 2.75) is 30.9 Å². The Balaban J connectivity index is 2.03. The van der Waals surface area contributed by atoms with Crippen molar-refractivity contribution in [1.82, 2.24) is 5.32 Å². The van der Waals surface area contributed by atoms with Crippen molar-refractivity contribution in [3.8, 4) is 5.75 Å². The van der Waals surface area contributed by atoms with E-state index in [4.69, 9.17) is 27.9 Å². The van der Waals surface area contributed by atoms with Crippen LogP contribution >= 0.6 is 23.2 Å². The fraction of sp³-hybridized carbons (Fsp3) is 0.278. The molecule has 2 rings (SSSR count). The summed E-state index contributed by atoms with van der Waals surface area (Å²) in [6.45, 7) is 3.40. The van der Waals surface area contributed by atoms with E-state index in [0.717, 1.165) is 11.8 Å². The van der Waals surface area contributed by atoms with Crippen LogP contribution in [0.15, 0.2) is 47.4 Å². The van der Waals surface area contributed by atoms with Crippen molar-refractivity contribution in [2.75, 3.05) is 6.26 Å². The smallest absolute Gasteiger partial charge is 0.261 e. The van der Waals surface area contributed by atoms with Crippen molar-refractivity contribution in [2.24, 2.45) is 0 Å². The maximum absolute atomic E-state index is 12.3. The summed E-state index contributed by atoms with van der Waals surface area (Å²) in [6.07, 6.45) is 0.358. The molecule has 2 atom stereocenters. The molecule has 0 saturated carbocycles. The Bertz CT molecular complexity index is 898. The van der Waals surface area contributed by atoms with Crippen LogP contribution in [0.25, 0.3) is 0 Å². The van der Waals surface area contributed by atoms with Crippen molar-refractivity contribution >= 4 is 38.9 Å². The number of hydrogen-bond acceptors (Lipinski definition) is 4. The van der Waals surface area contributed by atoms with Gasteiger partial charge < -0.3 is 10.1 Å². The lowest BCUT2D eigenvalue weighted by molar-refractivity contribution is -0.127. The number of hydrogen-bond donors (Lipinski definition) is 1. The number of ether oxygens (including phenoxy) is 1. The van der Waals surface area contributed by atoms with Crippen LogP contribution in [-0.2, 0) is 14.6 Å². The number of carbonyl (C=O) groups excluding carboxylic acids is 1. The lowest BCUT2D eigenvalue weighted by Gasteiger charge is -2.20. The molecule has 26 heavy (non-hydrogen) atoms. The van der Waals surface area contributed by atoms with E-state index < -0.39 is 15.9 Å². The predicted octanol–water partition coefficient (Wildman–Crippen LogP) is 4.04. The molecule has 0 saturated heterocycles. The fourth-order valence-electron chi connectivity index (χ4n) is 2.24. The van der Waals surface area contributed by atoms with E-state index in [-0.39, 0.29) is 21.9 Å². The SMILES string of the molecule is CC(Oc1cccc(Cl)c1Cl)C(=O)NC(C)c1ccc(S(C)(=O)=O)cc1. The van der Waals surface area contributed by atoms with E-state index in [0.29, 0.717) is 10.8 Å². The van der Waals surface area contributed by atoms with Crippen LogP contribution in [0.4, 0.5) is 0 Å². The van der Waals surface area contributed by atoms with Gasteiger partial charge in [-0.05, 0) is 43.7 Å². The van der Waals surface area contributed by atoms with E-state index in [9.17, 15) is 13.2 Å². The highest BCUT2D eigenvalue weighted by molar-refractivity contribution is 7.90. The number of sulfone groups is 1. The standard InChI is InChI=1S/C18H19Cl2NO4S/c1-11(13-7-9-14(10-8-13)26(3,23)24)21-18(22)12(2)25-16-6-4-5-15(19)17(16)20/h4-12H,1-3H3,(H,21,22). The highest BCUT2D eigenvalue weighted by Gasteiger charge is 2.19. The van der Waals surface area contributed by atoms with Crippen LogP contribution in [-0.4, -0.2) is 26.7 Å². The Hall–Kier alpha value is -1.76. The highest BCUT2D eigenvalue weighted by atomic mass is 35.5. The van der Waals surface area contributed by atoms with Gasteiger partial charge in [0.15, 0.2) is 15.9 Å². The summed E-state index contributed by atoms with van der Waals surface area (Å²) in [5, 5.41) is 3.41. The molecule has 8 heteroatoms. The minimum atomic E-state index is -3.25. The van der Waals surface area contributed by atoms with Gasteiger partial charge in [0.1, 0.15) is 10.8 Å². The number of amides is 1. The van der Waals surface area contributed by atoms with E-state index in [1.165, 1.54) is 12.1 Å². The molecule has 0 aliphatic rings. The third kappa shape index (κ3) is 5.13. The van der Waals surface area contributed by atoms with Gasteiger partial charge in [0, 0.05) is 6.26 Å². The lowest BCUT2D eigenvalue weighted by atomic mass is 10.1. The molecule has 0 heterocycles. The van der Waals surface area contributed by atoms with Crippen LogP contribution in [0.1, 0.15) is 25.5 Å². The van der Waals surface area contributed by atoms with Gasteiger partial charge in [-0.25, -0.2) is 8.42 Å². The zero-order chi connectivity index (χ0) is 19.5. The second-order valence-corrected chi connectivity index (χ2v) is 8.68. The van der Waals surface area contributed by atoms with Crippen molar-refractivity contribution in [3.63, 3.8) is 0 Å². The van der Waals surface area contributed by atoms with Crippen LogP contribution in [0, 0.1) is 0 Å². The van der Waals surface area contributed by atoms with Gasteiger partial charge in [-0.2, -0.15) is 0 Å². The van der Waals surface area contributed by atoms with Gasteiger partial charge in [-0.1, -0.05) is 41.4 Å². The highest BCUT2D eigenvalue weighted by Crippen LogP contribution is 2.32. The topological polar surface area (TPSA) is 72.5 Å². The molecular weight excluding hydrogens is 397 g/mol. The average Bonchev–Trinajstić information content (AvgIpc) is 2.58. The summed E-state index contributed by atoms with van der Waals surface area (Å²) >= 11 is 12.0. The number of benzene rings is 2. The average molecular weight is 416 g/mol. The van der Waals surface area contributed by atoms with Crippen LogP contribution < -0.4 is 10.1 Å². The molecule has 0 aromatic heterocycles. The summed E-state index contributed by atoms with van der Waals surface area (Å²) in [5.74, 6) is -0.00675. The van der Waals surface area contributed by atoms with Gasteiger partial charge >= 0.3 is 0 Å². The molecule has 1 N–H and O–H groups in total. The van der Waals surface area contributed by atoms with E-state index in [2.05, 4.69) is 5.32 Å². The van der Waals surface area contributed by atoms with E-state index >= 15 is 0 Å². The maximum atomic E-state index is 12.3.